The van der Waals surface area contributed by atoms with E-state index in [1.165, 1.54) is 46.2 Å². The van der Waals surface area contributed by atoms with E-state index in [-0.39, 0.29) is 0 Å². The second-order valence-corrected chi connectivity index (χ2v) is 8.09. The highest BCUT2D eigenvalue weighted by molar-refractivity contribution is 5.71. The molecule has 0 aliphatic heterocycles. The molecule has 0 spiro atoms. The largest absolute Gasteiger partial charge is 0.0991 e. The van der Waals surface area contributed by atoms with Crippen LogP contribution in [0.2, 0.25) is 0 Å². The fourth-order valence-electron chi connectivity index (χ4n) is 3.07. The van der Waals surface area contributed by atoms with Crippen LogP contribution in [0.15, 0.2) is 91.1 Å². The van der Waals surface area contributed by atoms with Gasteiger partial charge in [0.05, 0.1) is 0 Å². The highest BCUT2D eigenvalue weighted by atomic mass is 14.1. The van der Waals surface area contributed by atoms with E-state index in [2.05, 4.69) is 104 Å². The highest BCUT2D eigenvalue weighted by Crippen LogP contribution is 2.31. The van der Waals surface area contributed by atoms with Crippen molar-refractivity contribution in [2.75, 3.05) is 0 Å². The molecular weight excluding hydrogens is 396 g/mol. The molecule has 0 aromatic heterocycles. The van der Waals surface area contributed by atoms with Gasteiger partial charge in [-0.3, -0.25) is 0 Å². The monoisotopic (exact) mass is 446 g/mol. The molecule has 0 aliphatic carbocycles. The zero-order valence-corrected chi connectivity index (χ0v) is 23.2. The van der Waals surface area contributed by atoms with Crippen LogP contribution in [0.5, 0.6) is 0 Å². The molecule has 0 heteroatoms. The molecule has 0 saturated heterocycles. The smallest absolute Gasteiger partial charge is 0.0144 e. The van der Waals surface area contributed by atoms with E-state index in [0.717, 1.165) is 0 Å². The molecule has 0 aliphatic rings. The van der Waals surface area contributed by atoms with Gasteiger partial charge in [-0.05, 0) is 69.2 Å². The van der Waals surface area contributed by atoms with Crippen molar-refractivity contribution in [3.05, 3.63) is 108 Å². The molecule has 0 unspecified atom stereocenters. The van der Waals surface area contributed by atoms with E-state index in [0.29, 0.717) is 5.92 Å². The lowest BCUT2D eigenvalue weighted by Crippen LogP contribution is -1.94. The molecule has 182 valence electrons. The van der Waals surface area contributed by atoms with Crippen LogP contribution >= 0.6 is 0 Å². The van der Waals surface area contributed by atoms with Gasteiger partial charge >= 0.3 is 0 Å². The third kappa shape index (κ3) is 15.0. The average molecular weight is 447 g/mol. The first-order valence-corrected chi connectivity index (χ1v) is 12.5. The molecule has 2 rings (SSSR count). The van der Waals surface area contributed by atoms with Crippen molar-refractivity contribution in [3.63, 3.8) is 0 Å². The van der Waals surface area contributed by atoms with Crippen LogP contribution < -0.4 is 0 Å². The SMILES string of the molecule is C/C=C(\C)CCC.C=C/C=C\C=C/C.CC.Cc1ccc(C(C)C)c(-c2ccccc2C)c1. The van der Waals surface area contributed by atoms with Gasteiger partial charge in [-0.15, -0.1) is 0 Å². The van der Waals surface area contributed by atoms with Crippen LogP contribution in [-0.4, -0.2) is 0 Å². The molecule has 0 nitrogen and oxygen atoms in total. The molecule has 0 bridgehead atoms. The van der Waals surface area contributed by atoms with Crippen LogP contribution in [0.3, 0.4) is 0 Å². The number of hydrogen-bond acceptors (Lipinski definition) is 0. The molecule has 0 heterocycles. The summed E-state index contributed by atoms with van der Waals surface area (Å²) in [6.07, 6.45) is 14.2. The Balaban J connectivity index is 0. The number of allylic oxidation sites excluding steroid dienone is 7. The first kappa shape index (κ1) is 32.6. The molecular formula is C33H50. The third-order valence-corrected chi connectivity index (χ3v) is 4.95. The van der Waals surface area contributed by atoms with E-state index < -0.39 is 0 Å². The first-order chi connectivity index (χ1) is 15.8. The summed E-state index contributed by atoms with van der Waals surface area (Å²) in [5.74, 6) is 0.560. The summed E-state index contributed by atoms with van der Waals surface area (Å²) in [6.45, 7) is 24.8. The summed E-state index contributed by atoms with van der Waals surface area (Å²) in [5, 5.41) is 0. The van der Waals surface area contributed by atoms with E-state index in [9.17, 15) is 0 Å². The second-order valence-electron chi connectivity index (χ2n) is 8.09. The van der Waals surface area contributed by atoms with Crippen LogP contribution in [0, 0.1) is 13.8 Å². The van der Waals surface area contributed by atoms with E-state index in [1.54, 1.807) is 6.08 Å². The molecule has 2 aromatic rings. The Bertz CT molecular complexity index is 844. The molecule has 33 heavy (non-hydrogen) atoms. The summed E-state index contributed by atoms with van der Waals surface area (Å²) in [5.41, 5.74) is 8.36. The Hall–Kier alpha value is -2.60. The van der Waals surface area contributed by atoms with E-state index >= 15 is 0 Å². The van der Waals surface area contributed by atoms with Crippen LogP contribution in [0.4, 0.5) is 0 Å². The summed E-state index contributed by atoms with van der Waals surface area (Å²) >= 11 is 0. The van der Waals surface area contributed by atoms with Crippen molar-refractivity contribution in [3.8, 4) is 11.1 Å². The fourth-order valence-corrected chi connectivity index (χ4v) is 3.07. The molecule has 0 N–H and O–H groups in total. The Morgan fingerprint density at radius 3 is 2.00 bits per heavy atom. The van der Waals surface area contributed by atoms with Crippen LogP contribution in [0.1, 0.15) is 90.8 Å². The fraction of sp³-hybridized carbons (Fsp3) is 0.394. The van der Waals surface area contributed by atoms with Crippen molar-refractivity contribution in [2.24, 2.45) is 0 Å². The lowest BCUT2D eigenvalue weighted by molar-refractivity contribution is 0.868. The van der Waals surface area contributed by atoms with Crippen molar-refractivity contribution in [1.29, 1.82) is 0 Å². The minimum absolute atomic E-state index is 0.560. The standard InChI is InChI=1S/C17H20.C7H14.C7H10.C2H6/c1-12(2)15-10-9-13(3)11-17(15)16-8-6-5-7-14(16)4;1-4-6-7(3)5-2;1-3-5-7-6-4-2;1-2/h5-12H,1-4H3;5H,4,6H2,1-3H3;3-7H,1H2,2H3;1-2H3/b;7-5+;6-4-,7-5-;. The molecule has 0 atom stereocenters. The van der Waals surface area contributed by atoms with Gasteiger partial charge in [0.25, 0.3) is 0 Å². The third-order valence-electron chi connectivity index (χ3n) is 4.95. The maximum absolute atomic E-state index is 3.51. The summed E-state index contributed by atoms with van der Waals surface area (Å²) < 4.78 is 0. The Labute approximate surface area is 206 Å². The van der Waals surface area contributed by atoms with Crippen molar-refractivity contribution < 1.29 is 0 Å². The predicted octanol–water partition coefficient (Wildman–Crippen LogP) is 11.2. The number of benzene rings is 2. The average Bonchev–Trinajstić information content (AvgIpc) is 2.82. The van der Waals surface area contributed by atoms with Crippen molar-refractivity contribution in [1.82, 2.24) is 0 Å². The van der Waals surface area contributed by atoms with Crippen LogP contribution in [0.25, 0.3) is 11.1 Å². The molecule has 2 aromatic carbocycles. The van der Waals surface area contributed by atoms with Gasteiger partial charge in [-0.1, -0.05) is 138 Å². The zero-order valence-electron chi connectivity index (χ0n) is 23.2. The van der Waals surface area contributed by atoms with Gasteiger partial charge < -0.3 is 0 Å². The summed E-state index contributed by atoms with van der Waals surface area (Å²) in [4.78, 5) is 0. The zero-order chi connectivity index (χ0) is 25.6. The van der Waals surface area contributed by atoms with Gasteiger partial charge in [0.2, 0.25) is 0 Å². The lowest BCUT2D eigenvalue weighted by Gasteiger charge is -2.15. The Morgan fingerprint density at radius 1 is 0.909 bits per heavy atom. The maximum Gasteiger partial charge on any atom is -0.0144 e. The van der Waals surface area contributed by atoms with E-state index in [1.807, 2.05) is 45.1 Å². The minimum atomic E-state index is 0.560. The predicted molar refractivity (Wildman–Crippen MR) is 155 cm³/mol. The van der Waals surface area contributed by atoms with Crippen molar-refractivity contribution >= 4 is 0 Å². The van der Waals surface area contributed by atoms with Gasteiger partial charge in [-0.25, -0.2) is 0 Å². The van der Waals surface area contributed by atoms with Gasteiger partial charge in [0.1, 0.15) is 0 Å². The molecule has 0 fully saturated rings. The number of hydrogen-bond donors (Lipinski definition) is 0. The quantitative estimate of drug-likeness (QED) is 0.305. The molecule has 0 radical (unpaired) electrons. The summed E-state index contributed by atoms with van der Waals surface area (Å²) in [6, 6.07) is 15.4. The topological polar surface area (TPSA) is 0 Å². The van der Waals surface area contributed by atoms with Crippen LogP contribution in [-0.2, 0) is 0 Å². The first-order valence-electron chi connectivity index (χ1n) is 12.5. The van der Waals surface area contributed by atoms with Crippen molar-refractivity contribution in [2.45, 2.75) is 88.0 Å². The van der Waals surface area contributed by atoms with Gasteiger partial charge in [0, 0.05) is 0 Å². The number of aryl methyl sites for hydroxylation is 2. The normalized spacial score (nSPS) is 10.7. The lowest BCUT2D eigenvalue weighted by atomic mass is 9.89. The molecule has 0 amide bonds. The van der Waals surface area contributed by atoms with Gasteiger partial charge in [0.15, 0.2) is 0 Å². The minimum Gasteiger partial charge on any atom is -0.0991 e. The highest BCUT2D eigenvalue weighted by Gasteiger charge is 2.10. The second kappa shape index (κ2) is 21.3. The molecule has 0 saturated carbocycles. The van der Waals surface area contributed by atoms with Gasteiger partial charge in [-0.2, -0.15) is 0 Å². The number of rotatable bonds is 6. The Kier molecular flexibility index (Phi) is 21.0. The maximum atomic E-state index is 3.51. The summed E-state index contributed by atoms with van der Waals surface area (Å²) in [7, 11) is 0. The van der Waals surface area contributed by atoms with E-state index in [4.69, 9.17) is 0 Å². The Morgan fingerprint density at radius 2 is 1.55 bits per heavy atom.